The van der Waals surface area contributed by atoms with E-state index in [1.54, 1.807) is 6.08 Å². The Balaban J connectivity index is 2.04. The third kappa shape index (κ3) is 2.57. The zero-order chi connectivity index (χ0) is 14.9. The monoisotopic (exact) mass is 285 g/mol. The standard InChI is InChI=1S/C18H23NO2/c1-3-21-17(20)12-16-14-9-5-4-8-13(14)15-10-6-7-11-18(15,2)19-16/h4-5,8-9,12,15,19H,3,6-7,10-11H2,1-2H3/b16-12-/t15-,18-/m0/s1. The van der Waals surface area contributed by atoms with Crippen molar-refractivity contribution in [1.82, 2.24) is 5.32 Å². The molecule has 3 rings (SSSR count). The second kappa shape index (κ2) is 5.55. The third-order valence-corrected chi connectivity index (χ3v) is 4.80. The van der Waals surface area contributed by atoms with Gasteiger partial charge in [-0.15, -0.1) is 0 Å². The summed E-state index contributed by atoms with van der Waals surface area (Å²) in [6, 6.07) is 8.44. The highest BCUT2D eigenvalue weighted by Gasteiger charge is 2.42. The van der Waals surface area contributed by atoms with Crippen LogP contribution in [0.2, 0.25) is 0 Å². The number of nitrogens with one attached hydrogen (secondary N) is 1. The molecule has 21 heavy (non-hydrogen) atoms. The molecule has 0 unspecified atom stereocenters. The number of rotatable bonds is 2. The first-order chi connectivity index (χ1) is 10.1. The molecule has 112 valence electrons. The molecule has 1 heterocycles. The van der Waals surface area contributed by atoms with Crippen LogP contribution in [0.15, 0.2) is 30.3 Å². The van der Waals surface area contributed by atoms with Gasteiger partial charge in [-0.25, -0.2) is 4.79 Å². The maximum Gasteiger partial charge on any atom is 0.332 e. The molecule has 1 aliphatic heterocycles. The van der Waals surface area contributed by atoms with Gasteiger partial charge < -0.3 is 10.1 Å². The highest BCUT2D eigenvalue weighted by Crippen LogP contribution is 2.47. The van der Waals surface area contributed by atoms with Gasteiger partial charge in [-0.1, -0.05) is 37.1 Å². The van der Waals surface area contributed by atoms with Crippen LogP contribution in [-0.2, 0) is 9.53 Å². The number of carbonyl (C=O) groups is 1. The van der Waals surface area contributed by atoms with Crippen molar-refractivity contribution in [3.63, 3.8) is 0 Å². The predicted octanol–water partition coefficient (Wildman–Crippen LogP) is 3.61. The minimum atomic E-state index is -0.271. The molecule has 1 N–H and O–H groups in total. The number of hydrogen-bond acceptors (Lipinski definition) is 3. The predicted molar refractivity (Wildman–Crippen MR) is 83.8 cm³/mol. The Morgan fingerprint density at radius 3 is 3.05 bits per heavy atom. The molecule has 1 fully saturated rings. The molecule has 0 saturated heterocycles. The number of benzene rings is 1. The third-order valence-electron chi connectivity index (χ3n) is 4.80. The summed E-state index contributed by atoms with van der Waals surface area (Å²) >= 11 is 0. The largest absolute Gasteiger partial charge is 0.463 e. The molecule has 2 atom stereocenters. The smallest absolute Gasteiger partial charge is 0.332 e. The van der Waals surface area contributed by atoms with E-state index in [9.17, 15) is 4.79 Å². The maximum atomic E-state index is 11.8. The lowest BCUT2D eigenvalue weighted by molar-refractivity contribution is -0.137. The van der Waals surface area contributed by atoms with Gasteiger partial charge in [-0.2, -0.15) is 0 Å². The number of fused-ring (bicyclic) bond motifs is 3. The van der Waals surface area contributed by atoms with E-state index in [1.165, 1.54) is 24.8 Å². The summed E-state index contributed by atoms with van der Waals surface area (Å²) in [7, 11) is 0. The van der Waals surface area contributed by atoms with Gasteiger partial charge in [0, 0.05) is 28.8 Å². The zero-order valence-electron chi connectivity index (χ0n) is 12.8. The van der Waals surface area contributed by atoms with E-state index in [4.69, 9.17) is 4.74 Å². The van der Waals surface area contributed by atoms with Crippen LogP contribution in [0.5, 0.6) is 0 Å². The average Bonchev–Trinajstić information content (AvgIpc) is 2.47. The summed E-state index contributed by atoms with van der Waals surface area (Å²) in [5.41, 5.74) is 3.47. The van der Waals surface area contributed by atoms with Gasteiger partial charge in [0.1, 0.15) is 0 Å². The van der Waals surface area contributed by atoms with Crippen LogP contribution in [0.3, 0.4) is 0 Å². The Bertz CT molecular complexity index is 578. The molecular weight excluding hydrogens is 262 g/mol. The molecule has 1 aromatic carbocycles. The van der Waals surface area contributed by atoms with Crippen molar-refractivity contribution in [2.24, 2.45) is 0 Å². The van der Waals surface area contributed by atoms with Crippen LogP contribution in [-0.4, -0.2) is 18.1 Å². The van der Waals surface area contributed by atoms with Crippen LogP contribution in [0, 0.1) is 0 Å². The Labute approximate surface area is 126 Å². The normalized spacial score (nSPS) is 29.2. The Hall–Kier alpha value is -1.77. The van der Waals surface area contributed by atoms with Gasteiger partial charge >= 0.3 is 5.97 Å². The summed E-state index contributed by atoms with van der Waals surface area (Å²) < 4.78 is 5.07. The lowest BCUT2D eigenvalue weighted by Gasteiger charge is -2.48. The molecule has 1 saturated carbocycles. The Kier molecular flexibility index (Phi) is 3.75. The molecule has 0 aromatic heterocycles. The summed E-state index contributed by atoms with van der Waals surface area (Å²) in [5, 5.41) is 3.64. The molecular formula is C18H23NO2. The minimum absolute atomic E-state index is 0.0466. The Morgan fingerprint density at radius 2 is 2.24 bits per heavy atom. The van der Waals surface area contributed by atoms with Crippen molar-refractivity contribution in [2.45, 2.75) is 51.0 Å². The van der Waals surface area contributed by atoms with E-state index in [2.05, 4.69) is 30.4 Å². The summed E-state index contributed by atoms with van der Waals surface area (Å²) in [6.45, 7) is 4.52. The second-order valence-corrected chi connectivity index (χ2v) is 6.24. The number of carbonyl (C=O) groups excluding carboxylic acids is 1. The quantitative estimate of drug-likeness (QED) is 0.666. The van der Waals surface area contributed by atoms with Gasteiger partial charge in [0.15, 0.2) is 0 Å². The molecule has 0 radical (unpaired) electrons. The van der Waals surface area contributed by atoms with E-state index in [0.717, 1.165) is 17.7 Å². The van der Waals surface area contributed by atoms with Crippen molar-refractivity contribution in [3.05, 3.63) is 41.5 Å². The molecule has 0 spiro atoms. The maximum absolute atomic E-state index is 11.8. The Morgan fingerprint density at radius 1 is 1.43 bits per heavy atom. The van der Waals surface area contributed by atoms with Crippen LogP contribution in [0.1, 0.15) is 56.6 Å². The van der Waals surface area contributed by atoms with Crippen molar-refractivity contribution in [1.29, 1.82) is 0 Å². The van der Waals surface area contributed by atoms with Gasteiger partial charge in [0.05, 0.1) is 6.61 Å². The van der Waals surface area contributed by atoms with Crippen molar-refractivity contribution < 1.29 is 9.53 Å². The van der Waals surface area contributed by atoms with E-state index in [1.807, 2.05) is 13.0 Å². The molecule has 0 bridgehead atoms. The van der Waals surface area contributed by atoms with Crippen molar-refractivity contribution >= 4 is 11.7 Å². The van der Waals surface area contributed by atoms with E-state index in [0.29, 0.717) is 12.5 Å². The highest BCUT2D eigenvalue weighted by molar-refractivity contribution is 5.92. The first kappa shape index (κ1) is 14.2. The molecule has 1 aromatic rings. The molecule has 2 aliphatic rings. The highest BCUT2D eigenvalue weighted by atomic mass is 16.5. The average molecular weight is 285 g/mol. The zero-order valence-corrected chi connectivity index (χ0v) is 12.8. The summed E-state index contributed by atoms with van der Waals surface area (Å²) in [6.07, 6.45) is 6.50. The first-order valence-corrected chi connectivity index (χ1v) is 7.90. The summed E-state index contributed by atoms with van der Waals surface area (Å²) in [5.74, 6) is 0.259. The number of ether oxygens (including phenoxy) is 1. The summed E-state index contributed by atoms with van der Waals surface area (Å²) in [4.78, 5) is 11.8. The molecule has 0 amide bonds. The fourth-order valence-corrected chi connectivity index (χ4v) is 3.82. The number of hydrogen-bond donors (Lipinski definition) is 1. The molecule has 3 heteroatoms. The van der Waals surface area contributed by atoms with Crippen LogP contribution < -0.4 is 5.32 Å². The van der Waals surface area contributed by atoms with Crippen LogP contribution >= 0.6 is 0 Å². The van der Waals surface area contributed by atoms with Gasteiger partial charge in [0.25, 0.3) is 0 Å². The molecule has 1 aliphatic carbocycles. The van der Waals surface area contributed by atoms with Crippen LogP contribution in [0.25, 0.3) is 5.70 Å². The topological polar surface area (TPSA) is 38.3 Å². The SMILES string of the molecule is CCOC(=O)/C=C1\N[C@@]2(C)CCCC[C@H]2c2ccccc21. The fraction of sp³-hybridized carbons (Fsp3) is 0.500. The van der Waals surface area contributed by atoms with E-state index in [-0.39, 0.29) is 11.5 Å². The number of esters is 1. The lowest BCUT2D eigenvalue weighted by Crippen LogP contribution is -2.51. The lowest BCUT2D eigenvalue weighted by atomic mass is 9.67. The fourth-order valence-electron chi connectivity index (χ4n) is 3.82. The second-order valence-electron chi connectivity index (χ2n) is 6.24. The van der Waals surface area contributed by atoms with E-state index >= 15 is 0 Å². The van der Waals surface area contributed by atoms with Gasteiger partial charge in [-0.05, 0) is 32.3 Å². The van der Waals surface area contributed by atoms with Crippen molar-refractivity contribution in [3.8, 4) is 0 Å². The van der Waals surface area contributed by atoms with Gasteiger partial charge in [0.2, 0.25) is 0 Å². The first-order valence-electron chi connectivity index (χ1n) is 7.90. The van der Waals surface area contributed by atoms with E-state index < -0.39 is 0 Å². The minimum Gasteiger partial charge on any atom is -0.463 e. The molecule has 3 nitrogen and oxygen atoms in total. The van der Waals surface area contributed by atoms with Gasteiger partial charge in [-0.3, -0.25) is 0 Å². The van der Waals surface area contributed by atoms with Crippen molar-refractivity contribution in [2.75, 3.05) is 6.61 Å². The van der Waals surface area contributed by atoms with Crippen LogP contribution in [0.4, 0.5) is 0 Å².